The fraction of sp³-hybridized carbons (Fsp3) is 0.800. The summed E-state index contributed by atoms with van der Waals surface area (Å²) in [5.41, 5.74) is 0. The number of hydrogen-bond acceptors (Lipinski definition) is 3. The highest BCUT2D eigenvalue weighted by Crippen LogP contribution is 2.07. The van der Waals surface area contributed by atoms with Gasteiger partial charge in [-0.3, -0.25) is 4.79 Å². The highest BCUT2D eigenvalue weighted by Gasteiger charge is 2.30. The minimum atomic E-state index is -0.924. The Bertz CT molecular complexity index is 125. The lowest BCUT2D eigenvalue weighted by molar-refractivity contribution is -0.143. The zero-order valence-corrected chi connectivity index (χ0v) is 4.87. The summed E-state index contributed by atoms with van der Waals surface area (Å²) < 4.78 is 0. The Morgan fingerprint density at radius 2 is 2.22 bits per heavy atom. The summed E-state index contributed by atoms with van der Waals surface area (Å²) >= 11 is 0. The lowest BCUT2D eigenvalue weighted by Crippen LogP contribution is -2.25. The zero-order chi connectivity index (χ0) is 6.85. The lowest BCUT2D eigenvalue weighted by atomic mass is 10.1. The first kappa shape index (κ1) is 6.51. The van der Waals surface area contributed by atoms with E-state index < -0.39 is 18.0 Å². The van der Waals surface area contributed by atoms with Crippen LogP contribution in [-0.2, 0) is 4.79 Å². The standard InChI is InChI=1S/C5H9NO3/c7-4-2-6-1-3(4)5(8)9/h3-4,6-7H,1-2H2,(H,8,9)/t3-,4+/m1/s1. The summed E-state index contributed by atoms with van der Waals surface area (Å²) in [6.45, 7) is 0.785. The number of aliphatic hydroxyl groups excluding tert-OH is 1. The molecule has 0 spiro atoms. The highest BCUT2D eigenvalue weighted by molar-refractivity contribution is 5.71. The molecule has 1 rings (SSSR count). The van der Waals surface area contributed by atoms with Crippen molar-refractivity contribution in [3.8, 4) is 0 Å². The molecule has 3 N–H and O–H groups in total. The van der Waals surface area contributed by atoms with Gasteiger partial charge in [0.1, 0.15) is 0 Å². The van der Waals surface area contributed by atoms with E-state index in [1.165, 1.54) is 0 Å². The average Bonchev–Trinajstić information content (AvgIpc) is 2.13. The smallest absolute Gasteiger partial charge is 0.310 e. The monoisotopic (exact) mass is 131 g/mol. The molecule has 0 aromatic carbocycles. The van der Waals surface area contributed by atoms with Crippen molar-refractivity contribution in [3.63, 3.8) is 0 Å². The number of aliphatic hydroxyl groups is 1. The number of hydrogen-bond donors (Lipinski definition) is 3. The molecule has 1 heterocycles. The summed E-state index contributed by atoms with van der Waals surface area (Å²) in [7, 11) is 0. The Balaban J connectivity index is 2.49. The van der Waals surface area contributed by atoms with Crippen molar-refractivity contribution < 1.29 is 15.0 Å². The quantitative estimate of drug-likeness (QED) is 0.411. The van der Waals surface area contributed by atoms with Gasteiger partial charge in [0.05, 0.1) is 12.0 Å². The van der Waals surface area contributed by atoms with Crippen LogP contribution in [0.15, 0.2) is 0 Å². The van der Waals surface area contributed by atoms with Crippen molar-refractivity contribution >= 4 is 5.97 Å². The molecule has 1 fully saturated rings. The number of aliphatic carboxylic acids is 1. The molecule has 4 heteroatoms. The number of carbonyl (C=O) groups is 1. The van der Waals surface area contributed by atoms with Crippen molar-refractivity contribution in [1.29, 1.82) is 0 Å². The van der Waals surface area contributed by atoms with E-state index in [2.05, 4.69) is 5.32 Å². The molecule has 1 aliphatic rings. The van der Waals surface area contributed by atoms with Crippen LogP contribution >= 0.6 is 0 Å². The van der Waals surface area contributed by atoms with E-state index in [1.807, 2.05) is 0 Å². The Labute approximate surface area is 52.5 Å². The third kappa shape index (κ3) is 1.20. The van der Waals surface area contributed by atoms with Crippen LogP contribution in [0.25, 0.3) is 0 Å². The van der Waals surface area contributed by atoms with Crippen molar-refractivity contribution in [2.75, 3.05) is 13.1 Å². The summed E-state index contributed by atoms with van der Waals surface area (Å²) in [4.78, 5) is 10.2. The third-order valence-electron chi connectivity index (χ3n) is 1.50. The molecule has 0 saturated carbocycles. The number of carboxylic acids is 1. The molecule has 0 radical (unpaired) electrons. The van der Waals surface area contributed by atoms with Gasteiger partial charge in [0.2, 0.25) is 0 Å². The zero-order valence-electron chi connectivity index (χ0n) is 4.87. The first-order chi connectivity index (χ1) is 4.22. The van der Waals surface area contributed by atoms with Crippen LogP contribution in [0.4, 0.5) is 0 Å². The third-order valence-corrected chi connectivity index (χ3v) is 1.50. The largest absolute Gasteiger partial charge is 0.481 e. The highest BCUT2D eigenvalue weighted by atomic mass is 16.4. The summed E-state index contributed by atoms with van der Waals surface area (Å²) in [6.07, 6.45) is -0.706. The van der Waals surface area contributed by atoms with Crippen LogP contribution in [0.5, 0.6) is 0 Å². The van der Waals surface area contributed by atoms with E-state index in [0.29, 0.717) is 13.1 Å². The van der Waals surface area contributed by atoms with Crippen molar-refractivity contribution in [2.45, 2.75) is 6.10 Å². The number of rotatable bonds is 1. The van der Waals surface area contributed by atoms with Gasteiger partial charge in [-0.15, -0.1) is 0 Å². The second kappa shape index (κ2) is 2.33. The molecular formula is C5H9NO3. The molecular weight excluding hydrogens is 122 g/mol. The van der Waals surface area contributed by atoms with Crippen molar-refractivity contribution in [3.05, 3.63) is 0 Å². The van der Waals surface area contributed by atoms with Gasteiger partial charge in [0, 0.05) is 13.1 Å². The molecule has 0 aliphatic carbocycles. The first-order valence-corrected chi connectivity index (χ1v) is 2.83. The van der Waals surface area contributed by atoms with E-state index in [-0.39, 0.29) is 0 Å². The topological polar surface area (TPSA) is 69.6 Å². The van der Waals surface area contributed by atoms with Gasteiger partial charge in [-0.2, -0.15) is 0 Å². The van der Waals surface area contributed by atoms with Crippen LogP contribution in [0.1, 0.15) is 0 Å². The molecule has 0 bridgehead atoms. The number of carboxylic acid groups (broad SMARTS) is 1. The SMILES string of the molecule is O=C(O)[C@@H]1CNC[C@@H]1O. The number of nitrogens with one attached hydrogen (secondary N) is 1. The van der Waals surface area contributed by atoms with E-state index >= 15 is 0 Å². The van der Waals surface area contributed by atoms with Gasteiger partial charge in [0.25, 0.3) is 0 Å². The normalized spacial score (nSPS) is 34.8. The maximum atomic E-state index is 10.2. The van der Waals surface area contributed by atoms with Gasteiger partial charge in [-0.05, 0) is 0 Å². The van der Waals surface area contributed by atoms with Crippen LogP contribution in [0.3, 0.4) is 0 Å². The predicted molar refractivity (Wildman–Crippen MR) is 30.0 cm³/mol. The average molecular weight is 131 g/mol. The molecule has 0 aromatic rings. The molecule has 2 atom stereocenters. The number of β-amino-alcohol motifs (C(OH)–C–C–N with tert-alkyl or cyclic N) is 1. The van der Waals surface area contributed by atoms with Gasteiger partial charge >= 0.3 is 5.97 Å². The van der Waals surface area contributed by atoms with Crippen molar-refractivity contribution in [1.82, 2.24) is 5.32 Å². The second-order valence-corrected chi connectivity index (χ2v) is 2.17. The lowest BCUT2D eigenvalue weighted by Gasteiger charge is -2.05. The van der Waals surface area contributed by atoms with Crippen LogP contribution in [-0.4, -0.2) is 35.4 Å². The van der Waals surface area contributed by atoms with E-state index in [9.17, 15) is 4.79 Å². The summed E-state index contributed by atoms with van der Waals surface area (Å²) in [5.74, 6) is -1.53. The van der Waals surface area contributed by atoms with Gasteiger partial charge < -0.3 is 15.5 Å². The Hall–Kier alpha value is -0.610. The maximum absolute atomic E-state index is 10.2. The minimum Gasteiger partial charge on any atom is -0.481 e. The van der Waals surface area contributed by atoms with E-state index in [0.717, 1.165) is 0 Å². The molecule has 1 saturated heterocycles. The molecule has 0 amide bonds. The maximum Gasteiger partial charge on any atom is 0.310 e. The van der Waals surface area contributed by atoms with Crippen molar-refractivity contribution in [2.24, 2.45) is 5.92 Å². The van der Waals surface area contributed by atoms with E-state index in [4.69, 9.17) is 10.2 Å². The Morgan fingerprint density at radius 3 is 2.44 bits per heavy atom. The fourth-order valence-electron chi connectivity index (χ4n) is 0.917. The van der Waals surface area contributed by atoms with Crippen LogP contribution in [0, 0.1) is 5.92 Å². The Kier molecular flexibility index (Phi) is 1.68. The van der Waals surface area contributed by atoms with Gasteiger partial charge in [0.15, 0.2) is 0 Å². The molecule has 1 aliphatic heterocycles. The molecule has 4 nitrogen and oxygen atoms in total. The molecule has 52 valence electrons. The van der Waals surface area contributed by atoms with Gasteiger partial charge in [-0.1, -0.05) is 0 Å². The van der Waals surface area contributed by atoms with Crippen LogP contribution in [0.2, 0.25) is 0 Å². The predicted octanol–water partition coefficient (Wildman–Crippen LogP) is -1.35. The molecule has 0 unspecified atom stereocenters. The van der Waals surface area contributed by atoms with Crippen LogP contribution < -0.4 is 5.32 Å². The summed E-state index contributed by atoms with van der Waals surface area (Å²) in [6, 6.07) is 0. The Morgan fingerprint density at radius 1 is 1.56 bits per heavy atom. The first-order valence-electron chi connectivity index (χ1n) is 2.83. The minimum absolute atomic E-state index is 0.385. The van der Waals surface area contributed by atoms with Gasteiger partial charge in [-0.25, -0.2) is 0 Å². The fourth-order valence-corrected chi connectivity index (χ4v) is 0.917. The summed E-state index contributed by atoms with van der Waals surface area (Å²) in [5, 5.41) is 20.1. The molecule has 0 aromatic heterocycles. The second-order valence-electron chi connectivity index (χ2n) is 2.17. The van der Waals surface area contributed by atoms with E-state index in [1.54, 1.807) is 0 Å². The molecule has 9 heavy (non-hydrogen) atoms.